The number of hydrogen-bond donors (Lipinski definition) is 1. The zero-order chi connectivity index (χ0) is 8.23. The normalized spacial score (nSPS) is 27.9. The fourth-order valence-electron chi connectivity index (χ4n) is 1.99. The molecule has 5 heteroatoms. The lowest BCUT2D eigenvalue weighted by molar-refractivity contribution is 0.00967. The summed E-state index contributed by atoms with van der Waals surface area (Å²) in [5, 5.41) is 3.36. The number of morpholine rings is 1. The van der Waals surface area contributed by atoms with E-state index in [1.54, 1.807) is 0 Å². The van der Waals surface area contributed by atoms with E-state index in [0.29, 0.717) is 6.10 Å². The highest BCUT2D eigenvalue weighted by atomic mass is 35.5. The second kappa shape index (κ2) is 7.71. The molecule has 86 valence electrons. The van der Waals surface area contributed by atoms with E-state index in [0.717, 1.165) is 26.2 Å². The number of likely N-dealkylation sites (tertiary alicyclic amines) is 1. The summed E-state index contributed by atoms with van der Waals surface area (Å²) in [7, 11) is 0. The zero-order valence-corrected chi connectivity index (χ0v) is 10.0. The van der Waals surface area contributed by atoms with Crippen LogP contribution in [0.2, 0.25) is 0 Å². The molecular formula is C9H20Cl2N2O. The maximum absolute atomic E-state index is 5.64. The summed E-state index contributed by atoms with van der Waals surface area (Å²) < 4.78 is 5.64. The molecule has 0 spiro atoms. The molecule has 14 heavy (non-hydrogen) atoms. The van der Waals surface area contributed by atoms with Crippen LogP contribution in [0.25, 0.3) is 0 Å². The minimum atomic E-state index is 0. The SMILES string of the molecule is C1CCN(CC2CNCCO2)C1.Cl.Cl. The highest BCUT2D eigenvalue weighted by Crippen LogP contribution is 2.09. The van der Waals surface area contributed by atoms with E-state index in [1.807, 2.05) is 0 Å². The van der Waals surface area contributed by atoms with Crippen LogP contribution in [0.5, 0.6) is 0 Å². The van der Waals surface area contributed by atoms with E-state index in [2.05, 4.69) is 10.2 Å². The molecule has 0 aliphatic carbocycles. The van der Waals surface area contributed by atoms with Crippen LogP contribution >= 0.6 is 24.8 Å². The zero-order valence-electron chi connectivity index (χ0n) is 8.41. The summed E-state index contributed by atoms with van der Waals surface area (Å²) in [4.78, 5) is 2.51. The van der Waals surface area contributed by atoms with Crippen molar-refractivity contribution >= 4 is 24.8 Å². The van der Waals surface area contributed by atoms with Crippen molar-refractivity contribution in [3.05, 3.63) is 0 Å². The Morgan fingerprint density at radius 2 is 1.93 bits per heavy atom. The fourth-order valence-corrected chi connectivity index (χ4v) is 1.99. The molecule has 2 aliphatic heterocycles. The van der Waals surface area contributed by atoms with Gasteiger partial charge in [0.1, 0.15) is 0 Å². The van der Waals surface area contributed by atoms with Gasteiger partial charge in [0, 0.05) is 19.6 Å². The Morgan fingerprint density at radius 1 is 1.21 bits per heavy atom. The van der Waals surface area contributed by atoms with Crippen molar-refractivity contribution in [2.24, 2.45) is 0 Å². The average Bonchev–Trinajstić information content (AvgIpc) is 2.59. The van der Waals surface area contributed by atoms with Gasteiger partial charge in [0.15, 0.2) is 0 Å². The molecule has 0 aromatic rings. The Hall–Kier alpha value is 0.460. The Morgan fingerprint density at radius 3 is 2.50 bits per heavy atom. The van der Waals surface area contributed by atoms with Crippen molar-refractivity contribution in [3.63, 3.8) is 0 Å². The number of nitrogens with zero attached hydrogens (tertiary/aromatic N) is 1. The lowest BCUT2D eigenvalue weighted by atomic mass is 10.3. The van der Waals surface area contributed by atoms with Crippen LogP contribution < -0.4 is 5.32 Å². The molecule has 0 amide bonds. The molecule has 1 unspecified atom stereocenters. The molecule has 2 fully saturated rings. The molecule has 2 aliphatic rings. The topological polar surface area (TPSA) is 24.5 Å². The van der Waals surface area contributed by atoms with Crippen molar-refractivity contribution in [2.45, 2.75) is 18.9 Å². The van der Waals surface area contributed by atoms with Crippen LogP contribution in [0.4, 0.5) is 0 Å². The van der Waals surface area contributed by atoms with Crippen molar-refractivity contribution < 1.29 is 4.74 Å². The maximum Gasteiger partial charge on any atom is 0.0826 e. The molecule has 0 saturated carbocycles. The molecule has 2 saturated heterocycles. The summed E-state index contributed by atoms with van der Waals surface area (Å²) in [6, 6.07) is 0. The van der Waals surface area contributed by atoms with Gasteiger partial charge in [-0.2, -0.15) is 0 Å². The van der Waals surface area contributed by atoms with E-state index in [-0.39, 0.29) is 24.8 Å². The quantitative estimate of drug-likeness (QED) is 0.780. The third kappa shape index (κ3) is 4.32. The number of hydrogen-bond acceptors (Lipinski definition) is 3. The molecule has 0 aromatic carbocycles. The average molecular weight is 243 g/mol. The van der Waals surface area contributed by atoms with Gasteiger partial charge in [-0.3, -0.25) is 0 Å². The van der Waals surface area contributed by atoms with Gasteiger partial charge in [-0.25, -0.2) is 0 Å². The minimum absolute atomic E-state index is 0. The smallest absolute Gasteiger partial charge is 0.0826 e. The molecule has 3 nitrogen and oxygen atoms in total. The van der Waals surface area contributed by atoms with Gasteiger partial charge in [-0.15, -0.1) is 24.8 Å². The molecule has 1 atom stereocenters. The summed E-state index contributed by atoms with van der Waals surface area (Å²) in [5.74, 6) is 0. The van der Waals surface area contributed by atoms with Crippen molar-refractivity contribution in [1.29, 1.82) is 0 Å². The molecule has 0 aromatic heterocycles. The number of halogens is 2. The predicted molar refractivity (Wildman–Crippen MR) is 62.8 cm³/mol. The number of rotatable bonds is 2. The summed E-state index contributed by atoms with van der Waals surface area (Å²) in [6.45, 7) is 6.64. The van der Waals surface area contributed by atoms with Crippen LogP contribution in [0.15, 0.2) is 0 Å². The van der Waals surface area contributed by atoms with E-state index in [1.165, 1.54) is 25.9 Å². The van der Waals surface area contributed by atoms with E-state index < -0.39 is 0 Å². The van der Waals surface area contributed by atoms with Gasteiger partial charge in [0.2, 0.25) is 0 Å². The van der Waals surface area contributed by atoms with Gasteiger partial charge >= 0.3 is 0 Å². The molecule has 1 N–H and O–H groups in total. The standard InChI is InChI=1S/C9H18N2O.2ClH/c1-2-5-11(4-1)8-9-7-10-3-6-12-9;;/h9-10H,1-8H2;2*1H. The summed E-state index contributed by atoms with van der Waals surface area (Å²) in [5.41, 5.74) is 0. The highest BCUT2D eigenvalue weighted by Gasteiger charge is 2.19. The lowest BCUT2D eigenvalue weighted by Crippen LogP contribution is -2.44. The van der Waals surface area contributed by atoms with E-state index in [9.17, 15) is 0 Å². The monoisotopic (exact) mass is 242 g/mol. The number of nitrogens with one attached hydrogen (secondary N) is 1. The first-order valence-corrected chi connectivity index (χ1v) is 5.00. The fraction of sp³-hybridized carbons (Fsp3) is 1.00. The molecule has 2 heterocycles. The Balaban J connectivity index is 0.000000845. The first-order chi connectivity index (χ1) is 5.95. The lowest BCUT2D eigenvalue weighted by Gasteiger charge is -2.27. The first-order valence-electron chi connectivity index (χ1n) is 5.00. The molecule has 0 radical (unpaired) electrons. The van der Waals surface area contributed by atoms with Crippen LogP contribution in [0, 0.1) is 0 Å². The molecule has 2 rings (SSSR count). The summed E-state index contributed by atoms with van der Waals surface area (Å²) in [6.07, 6.45) is 3.19. The van der Waals surface area contributed by atoms with Crippen LogP contribution in [-0.4, -0.2) is 50.3 Å². The Bertz CT molecular complexity index is 137. The van der Waals surface area contributed by atoms with Gasteiger partial charge in [-0.05, 0) is 25.9 Å². The summed E-state index contributed by atoms with van der Waals surface area (Å²) >= 11 is 0. The largest absolute Gasteiger partial charge is 0.374 e. The van der Waals surface area contributed by atoms with Crippen molar-refractivity contribution in [3.8, 4) is 0 Å². The van der Waals surface area contributed by atoms with Crippen molar-refractivity contribution in [1.82, 2.24) is 10.2 Å². The van der Waals surface area contributed by atoms with Gasteiger partial charge in [-0.1, -0.05) is 0 Å². The third-order valence-corrected chi connectivity index (χ3v) is 2.66. The second-order valence-electron chi connectivity index (χ2n) is 3.70. The van der Waals surface area contributed by atoms with E-state index in [4.69, 9.17) is 4.74 Å². The first kappa shape index (κ1) is 14.5. The van der Waals surface area contributed by atoms with Crippen molar-refractivity contribution in [2.75, 3.05) is 39.3 Å². The van der Waals surface area contributed by atoms with Crippen LogP contribution in [-0.2, 0) is 4.74 Å². The van der Waals surface area contributed by atoms with Gasteiger partial charge < -0.3 is 15.0 Å². The Kier molecular flexibility index (Phi) is 7.97. The predicted octanol–water partition coefficient (Wildman–Crippen LogP) is 0.914. The van der Waals surface area contributed by atoms with E-state index >= 15 is 0 Å². The molecular weight excluding hydrogens is 223 g/mol. The third-order valence-electron chi connectivity index (χ3n) is 2.66. The number of ether oxygens (including phenoxy) is 1. The van der Waals surface area contributed by atoms with Crippen LogP contribution in [0.3, 0.4) is 0 Å². The Labute approximate surface area is 98.4 Å². The van der Waals surface area contributed by atoms with Gasteiger partial charge in [0.25, 0.3) is 0 Å². The minimum Gasteiger partial charge on any atom is -0.374 e. The maximum atomic E-state index is 5.64. The highest BCUT2D eigenvalue weighted by molar-refractivity contribution is 5.85. The molecule has 0 bridgehead atoms. The second-order valence-corrected chi connectivity index (χ2v) is 3.70. The van der Waals surface area contributed by atoms with Gasteiger partial charge in [0.05, 0.1) is 12.7 Å². The van der Waals surface area contributed by atoms with Crippen LogP contribution in [0.1, 0.15) is 12.8 Å².